The second-order valence-electron chi connectivity index (χ2n) is 7.18. The molecular weight excluding hydrogens is 230 g/mol. The summed E-state index contributed by atoms with van der Waals surface area (Å²) >= 11 is 0. The van der Waals surface area contributed by atoms with E-state index in [1.165, 1.54) is 0 Å². The smallest absolute Gasteiger partial charge is 0.410 e. The van der Waals surface area contributed by atoms with E-state index in [9.17, 15) is 9.59 Å². The van der Waals surface area contributed by atoms with Gasteiger partial charge in [-0.15, -0.1) is 0 Å². The van der Waals surface area contributed by atoms with Gasteiger partial charge in [-0.3, -0.25) is 0 Å². The standard InChI is InChI=1S/C14H25NO3/c1-12(2,3)14(10-16)7-8-15(9-14)11(17)18-13(4,5)6/h10H,7-9H2,1-6H3. The van der Waals surface area contributed by atoms with Crippen LogP contribution in [0.2, 0.25) is 0 Å². The molecule has 0 radical (unpaired) electrons. The summed E-state index contributed by atoms with van der Waals surface area (Å²) in [5.74, 6) is 0. The first-order valence-electron chi connectivity index (χ1n) is 6.45. The molecule has 4 heteroatoms. The molecule has 0 spiro atoms. The molecule has 1 unspecified atom stereocenters. The van der Waals surface area contributed by atoms with Crippen LogP contribution in [0.4, 0.5) is 4.79 Å². The van der Waals surface area contributed by atoms with E-state index in [0.717, 1.165) is 6.29 Å². The Morgan fingerprint density at radius 3 is 2.11 bits per heavy atom. The van der Waals surface area contributed by atoms with Crippen molar-refractivity contribution in [1.82, 2.24) is 4.90 Å². The molecule has 1 aliphatic rings. The lowest BCUT2D eigenvalue weighted by Gasteiger charge is -2.36. The molecule has 0 aromatic rings. The average molecular weight is 255 g/mol. The van der Waals surface area contributed by atoms with E-state index >= 15 is 0 Å². The number of carbonyl (C=O) groups is 2. The highest BCUT2D eigenvalue weighted by atomic mass is 16.6. The fourth-order valence-electron chi connectivity index (χ4n) is 2.20. The third kappa shape index (κ3) is 3.03. The molecule has 1 heterocycles. The molecule has 1 atom stereocenters. The second kappa shape index (κ2) is 4.56. The van der Waals surface area contributed by atoms with E-state index in [1.54, 1.807) is 4.90 Å². The van der Waals surface area contributed by atoms with Crippen molar-refractivity contribution in [2.24, 2.45) is 10.8 Å². The highest BCUT2D eigenvalue weighted by Gasteiger charge is 2.48. The third-order valence-electron chi connectivity index (χ3n) is 3.67. The van der Waals surface area contributed by atoms with Crippen LogP contribution in [-0.2, 0) is 9.53 Å². The fourth-order valence-corrected chi connectivity index (χ4v) is 2.20. The number of rotatable bonds is 1. The zero-order valence-electron chi connectivity index (χ0n) is 12.4. The summed E-state index contributed by atoms with van der Waals surface area (Å²) in [4.78, 5) is 25.1. The van der Waals surface area contributed by atoms with Gasteiger partial charge in [-0.2, -0.15) is 0 Å². The van der Waals surface area contributed by atoms with Gasteiger partial charge in [0, 0.05) is 13.1 Å². The van der Waals surface area contributed by atoms with Crippen molar-refractivity contribution in [3.05, 3.63) is 0 Å². The Morgan fingerprint density at radius 2 is 1.78 bits per heavy atom. The lowest BCUT2D eigenvalue weighted by atomic mass is 9.67. The second-order valence-corrected chi connectivity index (χ2v) is 7.18. The Kier molecular flexibility index (Phi) is 3.80. The number of hydrogen-bond donors (Lipinski definition) is 0. The average Bonchev–Trinajstić information content (AvgIpc) is 2.59. The minimum atomic E-state index is -0.495. The summed E-state index contributed by atoms with van der Waals surface area (Å²) in [6, 6.07) is 0. The molecule has 1 rings (SSSR count). The van der Waals surface area contributed by atoms with E-state index in [-0.39, 0.29) is 11.5 Å². The fraction of sp³-hybridized carbons (Fsp3) is 0.857. The van der Waals surface area contributed by atoms with Crippen LogP contribution in [0.15, 0.2) is 0 Å². The van der Waals surface area contributed by atoms with Gasteiger partial charge in [0.2, 0.25) is 0 Å². The molecular formula is C14H25NO3. The summed E-state index contributed by atoms with van der Waals surface area (Å²) in [6.07, 6.45) is 1.40. The molecule has 1 aliphatic heterocycles. The van der Waals surface area contributed by atoms with Crippen molar-refractivity contribution in [1.29, 1.82) is 0 Å². The predicted molar refractivity (Wildman–Crippen MR) is 70.4 cm³/mol. The van der Waals surface area contributed by atoms with Crippen LogP contribution in [0.5, 0.6) is 0 Å². The Morgan fingerprint density at radius 1 is 1.22 bits per heavy atom. The van der Waals surface area contributed by atoms with Crippen LogP contribution < -0.4 is 0 Å². The van der Waals surface area contributed by atoms with Gasteiger partial charge in [-0.1, -0.05) is 20.8 Å². The molecule has 18 heavy (non-hydrogen) atoms. The molecule has 1 saturated heterocycles. The van der Waals surface area contributed by atoms with Crippen molar-refractivity contribution >= 4 is 12.4 Å². The summed E-state index contributed by atoms with van der Waals surface area (Å²) < 4.78 is 5.34. The lowest BCUT2D eigenvalue weighted by molar-refractivity contribution is -0.120. The van der Waals surface area contributed by atoms with Crippen LogP contribution in [0.25, 0.3) is 0 Å². The van der Waals surface area contributed by atoms with Gasteiger partial charge in [0.15, 0.2) is 0 Å². The normalized spacial score (nSPS) is 25.1. The van der Waals surface area contributed by atoms with Gasteiger partial charge in [0.25, 0.3) is 0 Å². The number of nitrogens with zero attached hydrogens (tertiary/aromatic N) is 1. The minimum absolute atomic E-state index is 0.147. The maximum Gasteiger partial charge on any atom is 0.410 e. The zero-order valence-corrected chi connectivity index (χ0v) is 12.4. The Hall–Kier alpha value is -1.06. The van der Waals surface area contributed by atoms with Gasteiger partial charge in [-0.25, -0.2) is 4.79 Å². The Labute approximate surface area is 110 Å². The van der Waals surface area contributed by atoms with Gasteiger partial charge >= 0.3 is 6.09 Å². The number of hydrogen-bond acceptors (Lipinski definition) is 3. The first-order chi connectivity index (χ1) is 8.01. The first kappa shape index (κ1) is 15.0. The van der Waals surface area contributed by atoms with E-state index in [2.05, 4.69) is 0 Å². The number of carbonyl (C=O) groups excluding carboxylic acids is 2. The Bertz CT molecular complexity index is 338. The summed E-state index contributed by atoms with van der Waals surface area (Å²) in [7, 11) is 0. The van der Waals surface area contributed by atoms with E-state index in [4.69, 9.17) is 4.74 Å². The molecule has 0 N–H and O–H groups in total. The van der Waals surface area contributed by atoms with Gasteiger partial charge in [0.05, 0.1) is 5.41 Å². The van der Waals surface area contributed by atoms with Crippen molar-refractivity contribution < 1.29 is 14.3 Å². The van der Waals surface area contributed by atoms with Crippen LogP contribution in [0.1, 0.15) is 48.0 Å². The Balaban J connectivity index is 2.77. The SMILES string of the molecule is CC(C)(C)OC(=O)N1CCC(C=O)(C(C)(C)C)C1. The van der Waals surface area contributed by atoms with E-state index in [0.29, 0.717) is 19.5 Å². The molecule has 0 saturated carbocycles. The topological polar surface area (TPSA) is 46.6 Å². The predicted octanol–water partition coefficient (Wildman–Crippen LogP) is 2.86. The molecule has 0 aromatic carbocycles. The van der Waals surface area contributed by atoms with Crippen LogP contribution in [-0.4, -0.2) is 36.0 Å². The molecule has 1 amide bonds. The van der Waals surface area contributed by atoms with Gasteiger partial charge in [0.1, 0.15) is 11.9 Å². The maximum absolute atomic E-state index is 12.0. The maximum atomic E-state index is 12.0. The monoisotopic (exact) mass is 255 g/mol. The molecule has 0 bridgehead atoms. The van der Waals surface area contributed by atoms with E-state index < -0.39 is 11.0 Å². The summed E-state index contributed by atoms with van der Waals surface area (Å²) in [6.45, 7) is 12.7. The molecule has 0 aliphatic carbocycles. The van der Waals surface area contributed by atoms with Crippen molar-refractivity contribution in [3.63, 3.8) is 0 Å². The van der Waals surface area contributed by atoms with Gasteiger partial charge < -0.3 is 14.4 Å². The van der Waals surface area contributed by atoms with Crippen LogP contribution in [0.3, 0.4) is 0 Å². The first-order valence-corrected chi connectivity index (χ1v) is 6.45. The quantitative estimate of drug-likeness (QED) is 0.677. The van der Waals surface area contributed by atoms with Crippen LogP contribution >= 0.6 is 0 Å². The van der Waals surface area contributed by atoms with Crippen molar-refractivity contribution in [3.8, 4) is 0 Å². The number of amides is 1. The van der Waals surface area contributed by atoms with Crippen LogP contribution in [0, 0.1) is 10.8 Å². The number of likely N-dealkylation sites (tertiary alicyclic amines) is 1. The van der Waals surface area contributed by atoms with Gasteiger partial charge in [-0.05, 0) is 32.6 Å². The lowest BCUT2D eigenvalue weighted by Crippen LogP contribution is -2.42. The molecule has 104 valence electrons. The van der Waals surface area contributed by atoms with Crippen molar-refractivity contribution in [2.45, 2.75) is 53.6 Å². The number of ether oxygens (including phenoxy) is 1. The highest BCUT2D eigenvalue weighted by molar-refractivity contribution is 5.71. The molecule has 0 aromatic heterocycles. The summed E-state index contributed by atoms with van der Waals surface area (Å²) in [5.41, 5.74) is -1.10. The molecule has 4 nitrogen and oxygen atoms in total. The molecule has 1 fully saturated rings. The highest BCUT2D eigenvalue weighted by Crippen LogP contribution is 2.44. The summed E-state index contributed by atoms with van der Waals surface area (Å²) in [5, 5.41) is 0. The zero-order chi connectivity index (χ0) is 14.2. The largest absolute Gasteiger partial charge is 0.444 e. The number of aldehydes is 1. The van der Waals surface area contributed by atoms with E-state index in [1.807, 2.05) is 41.5 Å². The minimum Gasteiger partial charge on any atom is -0.444 e. The third-order valence-corrected chi connectivity index (χ3v) is 3.67. The van der Waals surface area contributed by atoms with Crippen molar-refractivity contribution in [2.75, 3.05) is 13.1 Å².